The highest BCUT2D eigenvalue weighted by Crippen LogP contribution is 2.23. The molecule has 2 N–H and O–H groups in total. The number of aromatic amines is 1. The number of thioether (sulfide) groups is 1. The van der Waals surface area contributed by atoms with E-state index in [9.17, 15) is 0 Å². The first kappa shape index (κ1) is 15.9. The summed E-state index contributed by atoms with van der Waals surface area (Å²) in [6.07, 6.45) is 3.84. The Balaban J connectivity index is 1.68. The summed E-state index contributed by atoms with van der Waals surface area (Å²) < 4.78 is 1.76. The minimum Gasteiger partial charge on any atom is -0.347 e. The van der Waals surface area contributed by atoms with Gasteiger partial charge in [-0.15, -0.1) is 0 Å². The Morgan fingerprint density at radius 3 is 2.80 bits per heavy atom. The third-order valence-corrected chi connectivity index (χ3v) is 4.58. The van der Waals surface area contributed by atoms with E-state index < -0.39 is 0 Å². The second-order valence-corrected chi connectivity index (χ2v) is 6.85. The van der Waals surface area contributed by atoms with Crippen molar-refractivity contribution in [2.45, 2.75) is 31.5 Å². The molecule has 0 amide bonds. The Labute approximate surface area is 149 Å². The van der Waals surface area contributed by atoms with E-state index in [-0.39, 0.29) is 0 Å². The second-order valence-electron chi connectivity index (χ2n) is 6.08. The van der Waals surface area contributed by atoms with Crippen molar-refractivity contribution < 1.29 is 0 Å². The maximum absolute atomic E-state index is 4.61. The first-order chi connectivity index (χ1) is 12.2. The summed E-state index contributed by atoms with van der Waals surface area (Å²) in [4.78, 5) is 17.1. The molecule has 0 saturated carbocycles. The van der Waals surface area contributed by atoms with Crippen LogP contribution in [0.2, 0.25) is 0 Å². The molecule has 1 aromatic carbocycles. The summed E-state index contributed by atoms with van der Waals surface area (Å²) in [5.74, 6) is 1.88. The van der Waals surface area contributed by atoms with Crippen LogP contribution in [0.1, 0.15) is 31.2 Å². The number of nitrogens with zero attached hydrogens (tertiary/aromatic N) is 5. The van der Waals surface area contributed by atoms with Crippen molar-refractivity contribution in [3.05, 3.63) is 41.9 Å². The lowest BCUT2D eigenvalue weighted by atomic mass is 10.1. The first-order valence-electron chi connectivity index (χ1n) is 8.13. The Morgan fingerprint density at radius 1 is 1.20 bits per heavy atom. The van der Waals surface area contributed by atoms with Crippen LogP contribution in [0, 0.1) is 0 Å². The molecule has 0 aliphatic rings. The number of rotatable bonds is 5. The van der Waals surface area contributed by atoms with Gasteiger partial charge >= 0.3 is 0 Å². The van der Waals surface area contributed by atoms with E-state index in [0.717, 1.165) is 33.2 Å². The van der Waals surface area contributed by atoms with E-state index in [1.54, 1.807) is 4.52 Å². The van der Waals surface area contributed by atoms with Gasteiger partial charge in [-0.3, -0.25) is 0 Å². The molecule has 0 unspecified atom stereocenters. The van der Waals surface area contributed by atoms with Crippen molar-refractivity contribution >= 4 is 34.4 Å². The van der Waals surface area contributed by atoms with E-state index in [1.165, 1.54) is 11.8 Å². The monoisotopic (exact) mass is 353 g/mol. The van der Waals surface area contributed by atoms with Gasteiger partial charge in [-0.1, -0.05) is 37.7 Å². The molecule has 0 radical (unpaired) electrons. The number of nitrogens with one attached hydrogen (secondary N) is 2. The summed E-state index contributed by atoms with van der Waals surface area (Å²) in [6.45, 7) is 4.81. The van der Waals surface area contributed by atoms with Crippen molar-refractivity contribution in [1.29, 1.82) is 0 Å². The molecule has 0 saturated heterocycles. The zero-order valence-corrected chi connectivity index (χ0v) is 15.1. The zero-order valence-electron chi connectivity index (χ0n) is 14.3. The predicted molar refractivity (Wildman–Crippen MR) is 100 cm³/mol. The smallest absolute Gasteiger partial charge is 0.228 e. The number of para-hydroxylation sites is 2. The fraction of sp³-hybridized carbons (Fsp3) is 0.294. The molecule has 128 valence electrons. The maximum atomic E-state index is 4.61. The summed E-state index contributed by atoms with van der Waals surface area (Å²) in [6, 6.07) is 7.99. The van der Waals surface area contributed by atoms with Crippen molar-refractivity contribution in [3.8, 4) is 0 Å². The van der Waals surface area contributed by atoms with E-state index in [4.69, 9.17) is 0 Å². The van der Waals surface area contributed by atoms with Gasteiger partial charge < -0.3 is 10.3 Å². The van der Waals surface area contributed by atoms with Gasteiger partial charge in [0.05, 0.1) is 23.8 Å². The van der Waals surface area contributed by atoms with E-state index in [2.05, 4.69) is 44.2 Å². The molecule has 0 atom stereocenters. The number of hydrogen-bond acceptors (Lipinski definition) is 6. The molecular weight excluding hydrogens is 334 g/mol. The van der Waals surface area contributed by atoms with Crippen LogP contribution >= 0.6 is 11.8 Å². The highest BCUT2D eigenvalue weighted by molar-refractivity contribution is 7.98. The number of aromatic nitrogens is 6. The van der Waals surface area contributed by atoms with Crippen LogP contribution in [0.15, 0.2) is 35.6 Å². The lowest BCUT2D eigenvalue weighted by Crippen LogP contribution is -2.10. The highest BCUT2D eigenvalue weighted by Gasteiger charge is 2.15. The SMILES string of the molecule is CSc1nc(NCc2nc3ccccc3[nH]2)n2ncc(C(C)C)c2n1. The fourth-order valence-corrected chi connectivity index (χ4v) is 3.10. The van der Waals surface area contributed by atoms with Crippen LogP contribution in [-0.4, -0.2) is 35.8 Å². The number of H-pyrrole nitrogens is 1. The maximum Gasteiger partial charge on any atom is 0.228 e. The third kappa shape index (κ3) is 2.93. The summed E-state index contributed by atoms with van der Waals surface area (Å²) >= 11 is 1.52. The number of imidazole rings is 1. The predicted octanol–water partition coefficient (Wildman–Crippen LogP) is 3.46. The van der Waals surface area contributed by atoms with Gasteiger partial charge in [0.1, 0.15) is 5.82 Å². The Bertz CT molecular complexity index is 1000. The molecule has 8 heteroatoms. The standard InChI is InChI=1S/C17H19N7S/c1-10(2)11-8-19-24-15(11)22-17(25-3)23-16(24)18-9-14-20-12-6-4-5-7-13(12)21-14/h4-8,10H,9H2,1-3H3,(H,20,21)(H,18,22,23). The molecule has 0 aliphatic carbocycles. The van der Waals surface area contributed by atoms with Crippen molar-refractivity contribution in [3.63, 3.8) is 0 Å². The van der Waals surface area contributed by atoms with E-state index in [1.807, 2.05) is 36.7 Å². The molecule has 4 rings (SSSR count). The number of benzene rings is 1. The topological polar surface area (TPSA) is 83.8 Å². The van der Waals surface area contributed by atoms with Crippen molar-refractivity contribution in [1.82, 2.24) is 29.5 Å². The molecule has 25 heavy (non-hydrogen) atoms. The Morgan fingerprint density at radius 2 is 2.04 bits per heavy atom. The number of fused-ring (bicyclic) bond motifs is 2. The van der Waals surface area contributed by atoms with Gasteiger partial charge in [-0.25, -0.2) is 9.97 Å². The fourth-order valence-electron chi connectivity index (χ4n) is 2.74. The molecule has 3 aromatic heterocycles. The van der Waals surface area contributed by atoms with Crippen LogP contribution in [0.3, 0.4) is 0 Å². The first-order valence-corrected chi connectivity index (χ1v) is 9.35. The molecule has 0 fully saturated rings. The summed E-state index contributed by atoms with van der Waals surface area (Å²) in [5, 5.41) is 8.52. The van der Waals surface area contributed by atoms with Crippen LogP contribution in [0.25, 0.3) is 16.7 Å². The van der Waals surface area contributed by atoms with Gasteiger partial charge in [-0.05, 0) is 24.3 Å². The quantitative estimate of drug-likeness (QED) is 0.535. The molecule has 0 bridgehead atoms. The van der Waals surface area contributed by atoms with Crippen LogP contribution in [-0.2, 0) is 6.54 Å². The van der Waals surface area contributed by atoms with Gasteiger partial charge in [0.15, 0.2) is 10.8 Å². The minimum atomic E-state index is 0.352. The molecule has 0 spiro atoms. The zero-order chi connectivity index (χ0) is 17.4. The van der Waals surface area contributed by atoms with Gasteiger partial charge in [0.25, 0.3) is 0 Å². The van der Waals surface area contributed by atoms with Crippen molar-refractivity contribution in [2.24, 2.45) is 0 Å². The lowest BCUT2D eigenvalue weighted by Gasteiger charge is -2.08. The molecular formula is C17H19N7S. The Hall–Kier alpha value is -2.61. The van der Waals surface area contributed by atoms with Gasteiger partial charge in [0.2, 0.25) is 5.95 Å². The molecule has 3 heterocycles. The van der Waals surface area contributed by atoms with Crippen molar-refractivity contribution in [2.75, 3.05) is 11.6 Å². The third-order valence-electron chi connectivity index (χ3n) is 4.03. The summed E-state index contributed by atoms with van der Waals surface area (Å²) in [5.41, 5.74) is 3.95. The lowest BCUT2D eigenvalue weighted by molar-refractivity contribution is 0.818. The second kappa shape index (κ2) is 6.36. The van der Waals surface area contributed by atoms with Crippen LogP contribution < -0.4 is 5.32 Å². The normalized spacial score (nSPS) is 11.7. The van der Waals surface area contributed by atoms with Gasteiger partial charge in [-0.2, -0.15) is 14.6 Å². The molecule has 4 aromatic rings. The highest BCUT2D eigenvalue weighted by atomic mass is 32.2. The minimum absolute atomic E-state index is 0.352. The van der Waals surface area contributed by atoms with Gasteiger partial charge in [0, 0.05) is 5.56 Å². The van der Waals surface area contributed by atoms with Crippen LogP contribution in [0.4, 0.5) is 5.95 Å². The average molecular weight is 353 g/mol. The molecule has 0 aliphatic heterocycles. The largest absolute Gasteiger partial charge is 0.347 e. The average Bonchev–Trinajstić information content (AvgIpc) is 3.22. The number of hydrogen-bond donors (Lipinski definition) is 2. The molecule has 7 nitrogen and oxygen atoms in total. The van der Waals surface area contributed by atoms with E-state index >= 15 is 0 Å². The van der Waals surface area contributed by atoms with Crippen LogP contribution in [0.5, 0.6) is 0 Å². The number of anilines is 1. The van der Waals surface area contributed by atoms with E-state index in [0.29, 0.717) is 18.4 Å². The Kier molecular flexibility index (Phi) is 4.04. The summed E-state index contributed by atoms with van der Waals surface area (Å²) in [7, 11) is 0.